The zero-order valence-corrected chi connectivity index (χ0v) is 7.76. The molecule has 0 fully saturated rings. The number of rotatable bonds is 5. The van der Waals surface area contributed by atoms with E-state index in [9.17, 15) is 9.90 Å². The SMILES string of the molecule is O=[C]CC(O)C(CO)c1ccccc1. The van der Waals surface area contributed by atoms with Crippen LogP contribution in [0.2, 0.25) is 0 Å². The summed E-state index contributed by atoms with van der Waals surface area (Å²) >= 11 is 0. The van der Waals surface area contributed by atoms with E-state index in [0.717, 1.165) is 5.56 Å². The minimum atomic E-state index is -0.861. The van der Waals surface area contributed by atoms with Crippen molar-refractivity contribution in [2.75, 3.05) is 6.61 Å². The standard InChI is InChI=1S/C11H13O3/c12-7-6-11(14)10(8-13)9-4-2-1-3-5-9/h1-5,10-11,13-14H,6,8H2. The van der Waals surface area contributed by atoms with E-state index in [-0.39, 0.29) is 13.0 Å². The lowest BCUT2D eigenvalue weighted by Gasteiger charge is -2.18. The summed E-state index contributed by atoms with van der Waals surface area (Å²) in [6, 6.07) is 9.14. The topological polar surface area (TPSA) is 57.5 Å². The average Bonchev–Trinajstić information content (AvgIpc) is 2.21. The molecule has 0 saturated carbocycles. The quantitative estimate of drug-likeness (QED) is 0.720. The van der Waals surface area contributed by atoms with Crippen molar-refractivity contribution in [3.05, 3.63) is 35.9 Å². The van der Waals surface area contributed by atoms with E-state index in [4.69, 9.17) is 5.11 Å². The highest BCUT2D eigenvalue weighted by atomic mass is 16.3. The smallest absolute Gasteiger partial charge is 0.201 e. The van der Waals surface area contributed by atoms with Gasteiger partial charge >= 0.3 is 0 Å². The highest BCUT2D eigenvalue weighted by Crippen LogP contribution is 2.20. The van der Waals surface area contributed by atoms with Crippen LogP contribution in [-0.4, -0.2) is 29.2 Å². The number of aliphatic hydroxyl groups is 2. The Labute approximate surface area is 83.0 Å². The normalized spacial score (nSPS) is 14.7. The molecule has 1 aromatic carbocycles. The zero-order valence-electron chi connectivity index (χ0n) is 7.76. The first-order valence-electron chi connectivity index (χ1n) is 4.48. The van der Waals surface area contributed by atoms with Crippen molar-refractivity contribution in [3.63, 3.8) is 0 Å². The summed E-state index contributed by atoms with van der Waals surface area (Å²) in [5.41, 5.74) is 0.831. The lowest BCUT2D eigenvalue weighted by Crippen LogP contribution is -2.22. The minimum absolute atomic E-state index is 0.0693. The van der Waals surface area contributed by atoms with Crippen LogP contribution in [0.1, 0.15) is 17.9 Å². The van der Waals surface area contributed by atoms with Crippen LogP contribution in [0, 0.1) is 0 Å². The van der Waals surface area contributed by atoms with E-state index < -0.39 is 12.0 Å². The first kappa shape index (κ1) is 10.9. The van der Waals surface area contributed by atoms with E-state index in [1.54, 1.807) is 6.29 Å². The molecule has 0 aliphatic rings. The van der Waals surface area contributed by atoms with Crippen LogP contribution < -0.4 is 0 Å². The van der Waals surface area contributed by atoms with Gasteiger partial charge in [0.1, 0.15) is 0 Å². The molecule has 0 aliphatic carbocycles. The van der Waals surface area contributed by atoms with Gasteiger partial charge in [0.25, 0.3) is 0 Å². The molecule has 75 valence electrons. The second kappa shape index (κ2) is 5.52. The largest absolute Gasteiger partial charge is 0.396 e. The van der Waals surface area contributed by atoms with E-state index in [2.05, 4.69) is 0 Å². The van der Waals surface area contributed by atoms with Gasteiger partial charge in [-0.3, -0.25) is 4.79 Å². The van der Waals surface area contributed by atoms with Crippen molar-refractivity contribution in [1.29, 1.82) is 0 Å². The number of aliphatic hydroxyl groups excluding tert-OH is 2. The fourth-order valence-corrected chi connectivity index (χ4v) is 1.38. The number of hydrogen-bond donors (Lipinski definition) is 2. The van der Waals surface area contributed by atoms with Gasteiger partial charge in [0, 0.05) is 12.3 Å². The van der Waals surface area contributed by atoms with Gasteiger partial charge in [-0.1, -0.05) is 30.3 Å². The molecule has 0 heterocycles. The average molecular weight is 193 g/mol. The highest BCUT2D eigenvalue weighted by Gasteiger charge is 2.19. The number of carbonyl (C=O) groups excluding carboxylic acids is 1. The van der Waals surface area contributed by atoms with Crippen LogP contribution >= 0.6 is 0 Å². The Hall–Kier alpha value is -1.19. The molecule has 0 aromatic heterocycles. The number of benzene rings is 1. The second-order valence-corrected chi connectivity index (χ2v) is 3.12. The molecule has 0 spiro atoms. The van der Waals surface area contributed by atoms with E-state index in [1.807, 2.05) is 30.3 Å². The molecule has 1 radical (unpaired) electrons. The maximum atomic E-state index is 10.1. The predicted octanol–water partition coefficient (Wildman–Crippen LogP) is 0.623. The minimum Gasteiger partial charge on any atom is -0.396 e. The van der Waals surface area contributed by atoms with Crippen molar-refractivity contribution in [1.82, 2.24) is 0 Å². The molecule has 1 aromatic rings. The Kier molecular flexibility index (Phi) is 4.29. The van der Waals surface area contributed by atoms with Crippen LogP contribution in [0.25, 0.3) is 0 Å². The lowest BCUT2D eigenvalue weighted by atomic mass is 9.93. The van der Waals surface area contributed by atoms with Crippen molar-refractivity contribution in [2.45, 2.75) is 18.4 Å². The summed E-state index contributed by atoms with van der Waals surface area (Å²) < 4.78 is 0. The molecular formula is C11H13O3. The Bertz CT molecular complexity index is 271. The Morgan fingerprint density at radius 2 is 1.93 bits per heavy atom. The summed E-state index contributed by atoms with van der Waals surface area (Å²) in [6.45, 7) is -0.174. The number of hydrogen-bond acceptors (Lipinski definition) is 3. The van der Waals surface area contributed by atoms with Crippen LogP contribution in [0.15, 0.2) is 30.3 Å². The molecule has 1 rings (SSSR count). The molecule has 0 amide bonds. The van der Waals surface area contributed by atoms with Crippen LogP contribution in [0.5, 0.6) is 0 Å². The van der Waals surface area contributed by atoms with Crippen LogP contribution in [0.3, 0.4) is 0 Å². The fourth-order valence-electron chi connectivity index (χ4n) is 1.38. The van der Waals surface area contributed by atoms with Gasteiger partial charge in [-0.05, 0) is 5.56 Å². The van der Waals surface area contributed by atoms with Gasteiger partial charge in [-0.15, -0.1) is 0 Å². The maximum Gasteiger partial charge on any atom is 0.201 e. The summed E-state index contributed by atoms with van der Waals surface area (Å²) in [5.74, 6) is -0.405. The first-order chi connectivity index (χ1) is 6.79. The van der Waals surface area contributed by atoms with Crippen LogP contribution in [-0.2, 0) is 4.79 Å². The van der Waals surface area contributed by atoms with Gasteiger partial charge in [0.05, 0.1) is 12.7 Å². The van der Waals surface area contributed by atoms with Gasteiger partial charge in [-0.2, -0.15) is 0 Å². The monoisotopic (exact) mass is 193 g/mol. The fraction of sp³-hybridized carbons (Fsp3) is 0.364. The van der Waals surface area contributed by atoms with E-state index in [1.165, 1.54) is 0 Å². The maximum absolute atomic E-state index is 10.1. The van der Waals surface area contributed by atoms with Gasteiger partial charge < -0.3 is 10.2 Å². The Balaban J connectivity index is 2.76. The van der Waals surface area contributed by atoms with Crippen molar-refractivity contribution < 1.29 is 15.0 Å². The van der Waals surface area contributed by atoms with E-state index in [0.29, 0.717) is 0 Å². The van der Waals surface area contributed by atoms with Gasteiger partial charge in [0.15, 0.2) is 0 Å². The van der Waals surface area contributed by atoms with Gasteiger partial charge in [0.2, 0.25) is 6.29 Å². The summed E-state index contributed by atoms with van der Waals surface area (Å²) in [7, 11) is 0. The van der Waals surface area contributed by atoms with E-state index >= 15 is 0 Å². The lowest BCUT2D eigenvalue weighted by molar-refractivity contribution is 0.111. The summed E-state index contributed by atoms with van der Waals surface area (Å²) in [4.78, 5) is 10.1. The third-order valence-corrected chi connectivity index (χ3v) is 2.18. The summed E-state index contributed by atoms with van der Waals surface area (Å²) in [6.07, 6.45) is 0.710. The molecule has 3 nitrogen and oxygen atoms in total. The molecule has 0 saturated heterocycles. The third kappa shape index (κ3) is 2.65. The first-order valence-corrected chi connectivity index (χ1v) is 4.48. The molecule has 0 aliphatic heterocycles. The predicted molar refractivity (Wildman–Crippen MR) is 52.6 cm³/mol. The molecule has 14 heavy (non-hydrogen) atoms. The van der Waals surface area contributed by atoms with Gasteiger partial charge in [-0.25, -0.2) is 0 Å². The molecular weight excluding hydrogens is 180 g/mol. The second-order valence-electron chi connectivity index (χ2n) is 3.12. The van der Waals surface area contributed by atoms with Crippen LogP contribution in [0.4, 0.5) is 0 Å². The Morgan fingerprint density at radius 3 is 2.43 bits per heavy atom. The third-order valence-electron chi connectivity index (χ3n) is 2.18. The Morgan fingerprint density at radius 1 is 1.29 bits per heavy atom. The van der Waals surface area contributed by atoms with Crippen molar-refractivity contribution >= 4 is 6.29 Å². The van der Waals surface area contributed by atoms with Crippen molar-refractivity contribution in [2.24, 2.45) is 0 Å². The zero-order chi connectivity index (χ0) is 10.4. The highest BCUT2D eigenvalue weighted by molar-refractivity contribution is 5.51. The molecule has 0 bridgehead atoms. The molecule has 3 heteroatoms. The molecule has 2 unspecified atom stereocenters. The molecule has 2 atom stereocenters. The molecule has 2 N–H and O–H groups in total. The van der Waals surface area contributed by atoms with Crippen molar-refractivity contribution in [3.8, 4) is 0 Å². The summed E-state index contributed by atoms with van der Waals surface area (Å²) in [5, 5.41) is 18.6.